The predicted octanol–water partition coefficient (Wildman–Crippen LogP) is 2.87. The van der Waals surface area contributed by atoms with E-state index in [1.165, 1.54) is 12.1 Å². The maximum atomic E-state index is 12.7. The number of nitrogens with zero attached hydrogens (tertiary/aromatic N) is 1. The molecule has 0 radical (unpaired) electrons. The molecule has 19 heavy (non-hydrogen) atoms. The second-order valence-electron chi connectivity index (χ2n) is 4.91. The summed E-state index contributed by atoms with van der Waals surface area (Å²) >= 11 is 0. The van der Waals surface area contributed by atoms with Crippen LogP contribution in [0.1, 0.15) is 25.5 Å². The quantitative estimate of drug-likeness (QED) is 0.920. The Morgan fingerprint density at radius 3 is 2.84 bits per heavy atom. The Morgan fingerprint density at radius 2 is 2.21 bits per heavy atom. The summed E-state index contributed by atoms with van der Waals surface area (Å²) in [6, 6.07) is 3.24. The Labute approximate surface area is 110 Å². The van der Waals surface area contributed by atoms with Crippen molar-refractivity contribution in [3.63, 3.8) is 0 Å². The molecule has 0 spiro atoms. The second kappa shape index (κ2) is 5.77. The largest absolute Gasteiger partial charge is 0.491 e. The molecule has 106 valence electrons. The van der Waals surface area contributed by atoms with Crippen molar-refractivity contribution in [1.82, 2.24) is 10.3 Å². The highest BCUT2D eigenvalue weighted by Gasteiger charge is 2.36. The molecule has 2 atom stereocenters. The third kappa shape index (κ3) is 3.83. The minimum atomic E-state index is -4.48. The van der Waals surface area contributed by atoms with Crippen LogP contribution in [0.3, 0.4) is 0 Å². The van der Waals surface area contributed by atoms with Crippen LogP contribution >= 0.6 is 0 Å². The maximum Gasteiger partial charge on any atom is 0.437 e. The highest BCUT2D eigenvalue weighted by atomic mass is 19.4. The van der Waals surface area contributed by atoms with Crippen LogP contribution in [0.5, 0.6) is 5.75 Å². The first-order valence-corrected chi connectivity index (χ1v) is 6.35. The summed E-state index contributed by atoms with van der Waals surface area (Å²) < 4.78 is 43.4. The van der Waals surface area contributed by atoms with E-state index in [0.29, 0.717) is 6.04 Å². The van der Waals surface area contributed by atoms with Gasteiger partial charge in [0.2, 0.25) is 0 Å². The fourth-order valence-corrected chi connectivity index (χ4v) is 2.13. The smallest absolute Gasteiger partial charge is 0.437 e. The van der Waals surface area contributed by atoms with E-state index in [-0.39, 0.29) is 18.3 Å². The predicted molar refractivity (Wildman–Crippen MR) is 64.9 cm³/mol. The summed E-state index contributed by atoms with van der Waals surface area (Å²) in [6.45, 7) is 3.16. The number of pyridine rings is 1. The van der Waals surface area contributed by atoms with Crippen LogP contribution in [0.4, 0.5) is 13.2 Å². The number of hydrogen-bond acceptors (Lipinski definition) is 3. The summed E-state index contributed by atoms with van der Waals surface area (Å²) in [7, 11) is 0. The van der Waals surface area contributed by atoms with Gasteiger partial charge >= 0.3 is 6.18 Å². The molecule has 0 saturated carbocycles. The summed E-state index contributed by atoms with van der Waals surface area (Å²) in [6.07, 6.45) is -1.36. The van der Waals surface area contributed by atoms with Crippen LogP contribution < -0.4 is 10.1 Å². The van der Waals surface area contributed by atoms with E-state index in [9.17, 15) is 13.2 Å². The molecule has 1 aromatic heterocycles. The summed E-state index contributed by atoms with van der Waals surface area (Å²) in [5.41, 5.74) is -0.952. The van der Waals surface area contributed by atoms with Crippen molar-refractivity contribution in [1.29, 1.82) is 0 Å². The molecule has 1 fully saturated rings. The molecule has 2 rings (SSSR count). The topological polar surface area (TPSA) is 34.1 Å². The van der Waals surface area contributed by atoms with Crippen molar-refractivity contribution in [3.8, 4) is 5.75 Å². The number of nitrogens with one attached hydrogen (secondary N) is 1. The van der Waals surface area contributed by atoms with Gasteiger partial charge in [-0.1, -0.05) is 0 Å². The van der Waals surface area contributed by atoms with Crippen molar-refractivity contribution in [2.75, 3.05) is 13.2 Å². The van der Waals surface area contributed by atoms with Crippen LogP contribution in [0.2, 0.25) is 0 Å². The van der Waals surface area contributed by atoms with Gasteiger partial charge in [0.05, 0.1) is 6.61 Å². The van der Waals surface area contributed by atoms with E-state index >= 15 is 0 Å². The molecule has 1 aliphatic rings. The lowest BCUT2D eigenvalue weighted by Gasteiger charge is -2.27. The number of rotatable bonds is 3. The van der Waals surface area contributed by atoms with Crippen LogP contribution in [0, 0.1) is 5.92 Å². The van der Waals surface area contributed by atoms with Gasteiger partial charge in [0.25, 0.3) is 0 Å². The van der Waals surface area contributed by atoms with Gasteiger partial charge in [0.1, 0.15) is 5.75 Å². The molecule has 1 saturated heterocycles. The van der Waals surface area contributed by atoms with Gasteiger partial charge in [-0.15, -0.1) is 0 Å². The molecule has 0 aliphatic carbocycles. The zero-order valence-corrected chi connectivity index (χ0v) is 10.7. The Balaban J connectivity index is 1.96. The zero-order valence-electron chi connectivity index (χ0n) is 10.7. The molecule has 1 N–H and O–H groups in total. The molecule has 2 heterocycles. The monoisotopic (exact) mass is 274 g/mol. The standard InChI is InChI=1S/C13H17F3N2O/c1-9-4-5-10(7-18-9)8-19-11-3-2-6-17-12(11)13(14,15)16/h2-3,6,9-10,18H,4-5,7-8H2,1H3. The molecule has 2 unspecified atom stereocenters. The summed E-state index contributed by atoms with van der Waals surface area (Å²) in [5.74, 6) is 0.0612. The number of hydrogen-bond donors (Lipinski definition) is 1. The lowest BCUT2D eigenvalue weighted by atomic mass is 9.96. The third-order valence-electron chi connectivity index (χ3n) is 3.28. The summed E-state index contributed by atoms with van der Waals surface area (Å²) in [4.78, 5) is 3.36. The van der Waals surface area contributed by atoms with E-state index in [1.54, 1.807) is 0 Å². The number of ether oxygens (including phenoxy) is 1. The molecular formula is C13H17F3N2O. The lowest BCUT2D eigenvalue weighted by Crippen LogP contribution is -2.39. The first-order valence-electron chi connectivity index (χ1n) is 6.35. The number of piperidine rings is 1. The molecule has 3 nitrogen and oxygen atoms in total. The van der Waals surface area contributed by atoms with Crippen LogP contribution in [0.25, 0.3) is 0 Å². The van der Waals surface area contributed by atoms with E-state index in [4.69, 9.17) is 4.74 Å². The van der Waals surface area contributed by atoms with Gasteiger partial charge in [-0.3, -0.25) is 0 Å². The SMILES string of the molecule is CC1CCC(COc2cccnc2C(F)(F)F)CN1. The third-order valence-corrected chi connectivity index (χ3v) is 3.28. The molecule has 0 aromatic carbocycles. The lowest BCUT2D eigenvalue weighted by molar-refractivity contribution is -0.142. The van der Waals surface area contributed by atoms with Gasteiger partial charge < -0.3 is 10.1 Å². The minimum absolute atomic E-state index is 0.186. The van der Waals surface area contributed by atoms with Gasteiger partial charge in [-0.05, 0) is 31.9 Å². The Hall–Kier alpha value is -1.30. The van der Waals surface area contributed by atoms with Crippen LogP contribution in [-0.2, 0) is 6.18 Å². The molecule has 1 aromatic rings. The average molecular weight is 274 g/mol. The number of aromatic nitrogens is 1. The Morgan fingerprint density at radius 1 is 1.42 bits per heavy atom. The van der Waals surface area contributed by atoms with E-state index in [0.717, 1.165) is 25.6 Å². The zero-order chi connectivity index (χ0) is 13.9. The fourth-order valence-electron chi connectivity index (χ4n) is 2.13. The van der Waals surface area contributed by atoms with Crippen molar-refractivity contribution >= 4 is 0 Å². The molecular weight excluding hydrogens is 257 g/mol. The van der Waals surface area contributed by atoms with Gasteiger partial charge in [0.15, 0.2) is 5.69 Å². The molecule has 6 heteroatoms. The highest BCUT2D eigenvalue weighted by Crippen LogP contribution is 2.34. The first kappa shape index (κ1) is 14.1. The van der Waals surface area contributed by atoms with Crippen molar-refractivity contribution < 1.29 is 17.9 Å². The van der Waals surface area contributed by atoms with Crippen LogP contribution in [-0.4, -0.2) is 24.2 Å². The fraction of sp³-hybridized carbons (Fsp3) is 0.615. The van der Waals surface area contributed by atoms with E-state index in [2.05, 4.69) is 17.2 Å². The van der Waals surface area contributed by atoms with Crippen molar-refractivity contribution in [3.05, 3.63) is 24.0 Å². The molecule has 0 amide bonds. The van der Waals surface area contributed by atoms with Crippen molar-refractivity contribution in [2.24, 2.45) is 5.92 Å². The average Bonchev–Trinajstić information content (AvgIpc) is 2.37. The van der Waals surface area contributed by atoms with Crippen molar-refractivity contribution in [2.45, 2.75) is 32.0 Å². The van der Waals surface area contributed by atoms with E-state index in [1.807, 2.05) is 0 Å². The maximum absolute atomic E-state index is 12.7. The summed E-state index contributed by atoms with van der Waals surface area (Å²) in [5, 5.41) is 3.30. The highest BCUT2D eigenvalue weighted by molar-refractivity contribution is 5.29. The second-order valence-corrected chi connectivity index (χ2v) is 4.91. The molecule has 0 bridgehead atoms. The normalized spacial score (nSPS) is 24.2. The van der Waals surface area contributed by atoms with E-state index < -0.39 is 11.9 Å². The Bertz CT molecular complexity index is 415. The van der Waals surface area contributed by atoms with Crippen LogP contribution in [0.15, 0.2) is 18.3 Å². The molecule has 1 aliphatic heterocycles. The Kier molecular flexibility index (Phi) is 4.29. The number of halogens is 3. The number of alkyl halides is 3. The van der Waals surface area contributed by atoms with Gasteiger partial charge in [-0.25, -0.2) is 4.98 Å². The van der Waals surface area contributed by atoms with Gasteiger partial charge in [0, 0.05) is 24.7 Å². The first-order chi connectivity index (χ1) is 8.97. The minimum Gasteiger partial charge on any atom is -0.491 e. The van der Waals surface area contributed by atoms with Gasteiger partial charge in [-0.2, -0.15) is 13.2 Å².